The van der Waals surface area contributed by atoms with Crippen LogP contribution in [0.1, 0.15) is 75.8 Å². The molecule has 14 nitrogen and oxygen atoms in total. The number of hydrogen-bond donors (Lipinski definition) is 5. The minimum absolute atomic E-state index is 0.0582. The van der Waals surface area contributed by atoms with Crippen LogP contribution in [0, 0.1) is 25.2 Å². The van der Waals surface area contributed by atoms with Crippen LogP contribution in [0.15, 0.2) is 97.6 Å². The Hall–Kier alpha value is -6.67. The Morgan fingerprint density at radius 1 is 0.686 bits per heavy atom. The van der Waals surface area contributed by atoms with Crippen LogP contribution in [0.5, 0.6) is 23.0 Å². The average molecular weight is 1010 g/mol. The van der Waals surface area contributed by atoms with Gasteiger partial charge in [0.05, 0.1) is 21.3 Å². The first kappa shape index (κ1) is 52.7. The number of hydrogen-bond acceptors (Lipinski definition) is 12. The van der Waals surface area contributed by atoms with E-state index in [-0.39, 0.29) is 38.4 Å². The predicted molar refractivity (Wildman–Crippen MR) is 275 cm³/mol. The van der Waals surface area contributed by atoms with Crippen LogP contribution in [0.25, 0.3) is 11.1 Å². The molecular formula is C53H58Cl2N6O8Si. The summed E-state index contributed by atoms with van der Waals surface area (Å²) in [5.41, 5.74) is 10.3. The van der Waals surface area contributed by atoms with Crippen LogP contribution < -0.4 is 34.9 Å². The van der Waals surface area contributed by atoms with Gasteiger partial charge in [0.2, 0.25) is 0 Å². The van der Waals surface area contributed by atoms with Gasteiger partial charge in [0.25, 0.3) is 0 Å². The van der Waals surface area contributed by atoms with E-state index in [0.717, 1.165) is 67.7 Å². The molecule has 2 aromatic heterocycles. The van der Waals surface area contributed by atoms with Gasteiger partial charge in [-0.15, -0.1) is 0 Å². The monoisotopic (exact) mass is 1000 g/mol. The number of carboxylic acid groups (broad SMARTS) is 2. The van der Waals surface area contributed by atoms with E-state index in [1.165, 1.54) is 6.20 Å². The molecule has 2 heterocycles. The summed E-state index contributed by atoms with van der Waals surface area (Å²) in [7, 11) is 2.44. The van der Waals surface area contributed by atoms with E-state index in [1.54, 1.807) is 36.8 Å². The van der Waals surface area contributed by atoms with Crippen molar-refractivity contribution in [2.75, 3.05) is 25.5 Å². The number of benzene rings is 4. The van der Waals surface area contributed by atoms with Crippen LogP contribution >= 0.6 is 23.2 Å². The van der Waals surface area contributed by atoms with Crippen molar-refractivity contribution in [2.24, 2.45) is 0 Å². The number of aromatic nitrogens is 2. The summed E-state index contributed by atoms with van der Waals surface area (Å²) in [5, 5.41) is 38.3. The van der Waals surface area contributed by atoms with E-state index in [2.05, 4.69) is 58.0 Å². The van der Waals surface area contributed by atoms with E-state index in [0.29, 0.717) is 87.9 Å². The fraction of sp³-hybridized carbons (Fsp3) is 0.302. The predicted octanol–water partition coefficient (Wildman–Crippen LogP) is 9.36. The van der Waals surface area contributed by atoms with Gasteiger partial charge < -0.3 is 45.1 Å². The fourth-order valence-electron chi connectivity index (χ4n) is 7.61. The van der Waals surface area contributed by atoms with Crippen LogP contribution in [0.4, 0.5) is 5.69 Å². The smallest absolute Gasteiger partial charge is 0.303 e. The molecule has 70 heavy (non-hydrogen) atoms. The SMILES string of the molecule is CNc1cncc(COc2cc(OCc3cccc(-c4cccc(COc5cc(OCc6cncc(C#N)c6)c(CNCCCC(=O)O)cc5Cl)c4C)c3C)c(Cl)cc2CNCCCC([SiH3])C(=O)O)c1. The molecule has 0 aliphatic rings. The van der Waals surface area contributed by atoms with Crippen LogP contribution in [0.2, 0.25) is 15.6 Å². The van der Waals surface area contributed by atoms with Gasteiger partial charge in [-0.1, -0.05) is 59.6 Å². The number of nitrogens with one attached hydrogen (secondary N) is 3. The average Bonchev–Trinajstić information content (AvgIpc) is 3.35. The Morgan fingerprint density at radius 3 is 1.71 bits per heavy atom. The minimum atomic E-state index is -0.851. The van der Waals surface area contributed by atoms with Crippen molar-refractivity contribution < 1.29 is 38.7 Å². The number of nitrogens with zero attached hydrogens (tertiary/aromatic N) is 3. The van der Waals surface area contributed by atoms with E-state index < -0.39 is 11.9 Å². The number of rotatable bonds is 27. The Labute approximate surface area is 421 Å². The summed E-state index contributed by atoms with van der Waals surface area (Å²) in [4.78, 5) is 30.8. The molecular weight excluding hydrogens is 948 g/mol. The van der Waals surface area contributed by atoms with Crippen molar-refractivity contribution in [3.63, 3.8) is 0 Å². The molecule has 6 rings (SSSR count). The maximum atomic E-state index is 11.3. The number of pyridine rings is 2. The third-order valence-electron chi connectivity index (χ3n) is 11.8. The standard InChI is InChI=1S/C53H58Cl2N6O8Si/c1-33-38(31-68-49-20-47(66-29-36-16-35(22-56)23-60-24-36)41(19-46(49)55)27-59-15-7-13-52(62)63)8-4-10-43(33)44-11-5-9-39(34(44)2)32-69-50-21-48(67-30-37-17-42(57-3)28-61-25-37)40(18-45(50)54)26-58-14-6-12-51(70)53(64)65/h4-5,8-11,16-21,23-25,28,51,57-59H,6-7,12-15,26-27,29-32H2,1-3,70H3,(H,62,63)(H,64,65). The molecule has 4 aromatic carbocycles. The lowest BCUT2D eigenvalue weighted by Gasteiger charge is -2.19. The number of carboxylic acids is 2. The highest BCUT2D eigenvalue weighted by Crippen LogP contribution is 2.37. The third-order valence-corrected chi connectivity index (χ3v) is 13.4. The zero-order valence-corrected chi connectivity index (χ0v) is 43.3. The van der Waals surface area contributed by atoms with Crippen LogP contribution in [-0.2, 0) is 49.1 Å². The lowest BCUT2D eigenvalue weighted by atomic mass is 9.92. The Morgan fingerprint density at radius 2 is 1.20 bits per heavy atom. The second-order valence-corrected chi connectivity index (χ2v) is 19.1. The van der Waals surface area contributed by atoms with E-state index in [9.17, 15) is 20.0 Å². The quantitative estimate of drug-likeness (QED) is 0.0242. The number of nitriles is 1. The van der Waals surface area contributed by atoms with Gasteiger partial charge in [-0.2, -0.15) is 5.26 Å². The summed E-state index contributed by atoms with van der Waals surface area (Å²) >= 11 is 13.7. The maximum absolute atomic E-state index is 11.3. The topological polar surface area (TPSA) is 197 Å². The van der Waals surface area contributed by atoms with Gasteiger partial charge in [-0.05, 0) is 104 Å². The zero-order chi connectivity index (χ0) is 50.0. The van der Waals surface area contributed by atoms with Crippen LogP contribution in [0.3, 0.4) is 0 Å². The summed E-state index contributed by atoms with van der Waals surface area (Å²) < 4.78 is 25.5. The molecule has 1 atom stereocenters. The largest absolute Gasteiger partial charge is 0.488 e. The summed E-state index contributed by atoms with van der Waals surface area (Å²) in [6.45, 7) is 7.02. The maximum Gasteiger partial charge on any atom is 0.303 e. The Balaban J connectivity index is 1.17. The lowest BCUT2D eigenvalue weighted by molar-refractivity contribution is -0.138. The lowest BCUT2D eigenvalue weighted by Crippen LogP contribution is -2.17. The summed E-state index contributed by atoms with van der Waals surface area (Å²) in [6.07, 6.45) is 8.53. The molecule has 366 valence electrons. The molecule has 6 aromatic rings. The van der Waals surface area contributed by atoms with Crippen LogP contribution in [-0.4, -0.2) is 62.5 Å². The highest BCUT2D eigenvalue weighted by Gasteiger charge is 2.18. The number of halogens is 2. The van der Waals surface area contributed by atoms with Crippen molar-refractivity contribution in [1.29, 1.82) is 5.26 Å². The molecule has 0 fully saturated rings. The Kier molecular flexibility index (Phi) is 19.8. The van der Waals surface area contributed by atoms with Crippen molar-refractivity contribution in [3.8, 4) is 40.2 Å². The van der Waals surface area contributed by atoms with Crippen molar-refractivity contribution >= 4 is 51.1 Å². The summed E-state index contributed by atoms with van der Waals surface area (Å²) in [5.74, 6) is 0.441. The first-order chi connectivity index (χ1) is 33.8. The molecule has 5 N–H and O–H groups in total. The van der Waals surface area contributed by atoms with Crippen molar-refractivity contribution in [2.45, 2.75) is 84.6 Å². The van der Waals surface area contributed by atoms with Gasteiger partial charge in [-0.3, -0.25) is 19.6 Å². The van der Waals surface area contributed by atoms with Gasteiger partial charge in [0.1, 0.15) is 55.5 Å². The Bertz CT molecular complexity index is 2810. The van der Waals surface area contributed by atoms with Crippen molar-refractivity contribution in [1.82, 2.24) is 20.6 Å². The summed E-state index contributed by atoms with van der Waals surface area (Å²) in [6, 6.07) is 25.3. The van der Waals surface area contributed by atoms with E-state index in [1.807, 2.05) is 49.5 Å². The first-order valence-corrected chi connectivity index (χ1v) is 24.9. The molecule has 17 heteroatoms. The highest BCUT2D eigenvalue weighted by atomic mass is 35.5. The molecule has 0 aliphatic carbocycles. The minimum Gasteiger partial charge on any atom is -0.488 e. The second-order valence-electron chi connectivity index (χ2n) is 16.9. The van der Waals surface area contributed by atoms with Gasteiger partial charge >= 0.3 is 11.9 Å². The first-order valence-electron chi connectivity index (χ1n) is 23.0. The molecule has 0 saturated heterocycles. The van der Waals surface area contributed by atoms with E-state index in [4.69, 9.17) is 47.3 Å². The van der Waals surface area contributed by atoms with E-state index >= 15 is 0 Å². The molecule has 0 aliphatic heterocycles. The number of anilines is 1. The number of aliphatic carboxylic acids is 2. The highest BCUT2D eigenvalue weighted by molar-refractivity contribution is 6.32. The third kappa shape index (κ3) is 15.2. The molecule has 0 radical (unpaired) electrons. The molecule has 1 unspecified atom stereocenters. The number of ether oxygens (including phenoxy) is 4. The van der Waals surface area contributed by atoms with Gasteiger partial charge in [0.15, 0.2) is 0 Å². The molecule has 0 saturated carbocycles. The van der Waals surface area contributed by atoms with Gasteiger partial charge in [0, 0.05) is 102 Å². The fourth-order valence-corrected chi connectivity index (χ4v) is 8.50. The molecule has 0 amide bonds. The normalized spacial score (nSPS) is 11.4. The van der Waals surface area contributed by atoms with Crippen molar-refractivity contribution in [3.05, 3.63) is 158 Å². The molecule has 0 bridgehead atoms. The molecule has 0 spiro atoms. The second kappa shape index (κ2) is 26.3. The zero-order valence-electron chi connectivity index (χ0n) is 39.7. The number of carbonyl (C=O) groups is 2. The van der Waals surface area contributed by atoms with Gasteiger partial charge in [-0.25, -0.2) is 0 Å².